The molecule has 2 atom stereocenters. The number of aliphatic imine (C=N–C) groups is 1. The van der Waals surface area contributed by atoms with Crippen LogP contribution in [0, 0.1) is 5.92 Å². The van der Waals surface area contributed by atoms with Gasteiger partial charge in [0.05, 0.1) is 32.1 Å². The van der Waals surface area contributed by atoms with Gasteiger partial charge in [0, 0.05) is 11.1 Å². The molecule has 1 heterocycles. The van der Waals surface area contributed by atoms with Gasteiger partial charge in [0.1, 0.15) is 5.84 Å². The van der Waals surface area contributed by atoms with Crippen LogP contribution < -0.4 is 11.1 Å². The van der Waals surface area contributed by atoms with E-state index in [0.717, 1.165) is 30.4 Å². The van der Waals surface area contributed by atoms with Crippen molar-refractivity contribution in [2.24, 2.45) is 16.6 Å². The lowest BCUT2D eigenvalue weighted by Crippen LogP contribution is -2.33. The number of nitrogens with two attached hydrogens (primary N) is 1. The maximum absolute atomic E-state index is 12.9. The standard InChI is InChI=1S/C36H49N3O6/c1-3-4-5-6-7-8-9-10-11-12-13-14-23-45-36(43)39-34(37)29-21-17-27(18-22-29)26-15-19-28(20-16-26)33(41)31-24-30(35(42)38-31)25-32(40)44-2/h15-22,30-31H,3-14,23-25H2,1-2H3,(H,38,42)(H2,37,39,43)/t30-,31-/m0/s1. The van der Waals surface area contributed by atoms with Crippen LogP contribution in [0.5, 0.6) is 0 Å². The van der Waals surface area contributed by atoms with Gasteiger partial charge in [-0.25, -0.2) is 4.79 Å². The molecule has 9 heteroatoms. The highest BCUT2D eigenvalue weighted by Crippen LogP contribution is 2.25. The summed E-state index contributed by atoms with van der Waals surface area (Å²) in [4.78, 5) is 52.7. The Balaban J connectivity index is 1.37. The number of hydrogen-bond donors (Lipinski definition) is 2. The molecule has 0 aliphatic carbocycles. The van der Waals surface area contributed by atoms with Crippen LogP contribution in [-0.2, 0) is 19.1 Å². The highest BCUT2D eigenvalue weighted by Gasteiger charge is 2.37. The number of carbonyl (C=O) groups is 4. The lowest BCUT2D eigenvalue weighted by molar-refractivity contribution is -0.143. The number of ether oxygens (including phenoxy) is 2. The van der Waals surface area contributed by atoms with E-state index in [1.54, 1.807) is 24.3 Å². The fraction of sp³-hybridized carbons (Fsp3) is 0.528. The molecule has 3 rings (SSSR count). The van der Waals surface area contributed by atoms with Gasteiger partial charge in [0.15, 0.2) is 5.78 Å². The van der Waals surface area contributed by atoms with Crippen molar-refractivity contribution in [2.45, 2.75) is 103 Å². The van der Waals surface area contributed by atoms with E-state index in [1.807, 2.05) is 24.3 Å². The number of hydrogen-bond acceptors (Lipinski definition) is 6. The minimum absolute atomic E-state index is 0.0447. The van der Waals surface area contributed by atoms with E-state index in [1.165, 1.54) is 64.9 Å². The Labute approximate surface area is 267 Å². The molecule has 2 aromatic carbocycles. The quantitative estimate of drug-likeness (QED) is 0.0560. The topological polar surface area (TPSA) is 137 Å². The van der Waals surface area contributed by atoms with Gasteiger partial charge in [0.2, 0.25) is 5.91 Å². The third-order valence-electron chi connectivity index (χ3n) is 8.28. The van der Waals surface area contributed by atoms with Crippen molar-refractivity contribution in [1.82, 2.24) is 5.32 Å². The molecule has 2 amide bonds. The molecular weight excluding hydrogens is 570 g/mol. The summed E-state index contributed by atoms with van der Waals surface area (Å²) in [6.45, 7) is 2.58. The number of amides is 2. The number of Topliss-reactive ketones (excluding diaryl/α,β-unsaturated/α-hetero) is 1. The molecule has 1 aliphatic heterocycles. The Morgan fingerprint density at radius 1 is 0.800 bits per heavy atom. The number of nitrogens with one attached hydrogen (secondary N) is 1. The lowest BCUT2D eigenvalue weighted by atomic mass is 9.95. The zero-order valence-electron chi connectivity index (χ0n) is 26.9. The molecule has 0 radical (unpaired) electrons. The molecule has 1 fully saturated rings. The number of rotatable bonds is 19. The average molecular weight is 620 g/mol. The first kappa shape index (κ1) is 35.5. The smallest absolute Gasteiger partial charge is 0.435 e. The molecule has 1 saturated heterocycles. The first-order valence-electron chi connectivity index (χ1n) is 16.5. The van der Waals surface area contributed by atoms with E-state index in [9.17, 15) is 19.2 Å². The van der Waals surface area contributed by atoms with Crippen LogP contribution in [0.25, 0.3) is 11.1 Å². The Bertz CT molecular complexity index is 1270. The molecule has 0 saturated carbocycles. The third kappa shape index (κ3) is 12.1. The van der Waals surface area contributed by atoms with E-state index >= 15 is 0 Å². The zero-order chi connectivity index (χ0) is 32.4. The summed E-state index contributed by atoms with van der Waals surface area (Å²) in [7, 11) is 1.27. The summed E-state index contributed by atoms with van der Waals surface area (Å²) in [6, 6.07) is 13.7. The van der Waals surface area contributed by atoms with E-state index in [0.29, 0.717) is 17.7 Å². The van der Waals surface area contributed by atoms with Crippen LogP contribution in [-0.4, -0.2) is 49.3 Å². The van der Waals surface area contributed by atoms with E-state index in [-0.39, 0.29) is 30.4 Å². The van der Waals surface area contributed by atoms with E-state index in [2.05, 4.69) is 22.0 Å². The summed E-state index contributed by atoms with van der Waals surface area (Å²) in [6.07, 6.45) is 14.4. The third-order valence-corrected chi connectivity index (χ3v) is 8.28. The van der Waals surface area contributed by atoms with Gasteiger partial charge in [-0.2, -0.15) is 4.99 Å². The first-order chi connectivity index (χ1) is 21.8. The number of benzene rings is 2. The Morgan fingerprint density at radius 3 is 1.84 bits per heavy atom. The summed E-state index contributed by atoms with van der Waals surface area (Å²) in [5.74, 6) is -1.47. The number of nitrogens with zero attached hydrogens (tertiary/aromatic N) is 1. The average Bonchev–Trinajstić information content (AvgIpc) is 3.42. The van der Waals surface area contributed by atoms with E-state index in [4.69, 9.17) is 10.5 Å². The molecule has 3 N–H and O–H groups in total. The minimum Gasteiger partial charge on any atom is -0.469 e. The predicted octanol–water partition coefficient (Wildman–Crippen LogP) is 7.15. The van der Waals surface area contributed by atoms with Gasteiger partial charge in [0.25, 0.3) is 0 Å². The van der Waals surface area contributed by atoms with Crippen LogP contribution in [0.15, 0.2) is 53.5 Å². The molecule has 0 unspecified atom stereocenters. The first-order valence-corrected chi connectivity index (χ1v) is 16.5. The number of carbonyl (C=O) groups excluding carboxylic acids is 4. The Hall–Kier alpha value is -4.01. The summed E-state index contributed by atoms with van der Waals surface area (Å²) in [5, 5.41) is 2.69. The number of esters is 1. The Kier molecular flexibility index (Phi) is 15.3. The van der Waals surface area contributed by atoms with Gasteiger partial charge < -0.3 is 20.5 Å². The number of ketones is 1. The van der Waals surface area contributed by atoms with Gasteiger partial charge in [-0.1, -0.05) is 126 Å². The molecule has 0 bridgehead atoms. The second kappa shape index (κ2) is 19.4. The van der Waals surface area contributed by atoms with Gasteiger partial charge in [-0.05, 0) is 24.0 Å². The molecule has 45 heavy (non-hydrogen) atoms. The molecule has 9 nitrogen and oxygen atoms in total. The van der Waals surface area contributed by atoms with Crippen LogP contribution in [0.2, 0.25) is 0 Å². The fourth-order valence-electron chi connectivity index (χ4n) is 5.53. The molecular formula is C36H49N3O6. The molecule has 2 aromatic rings. The van der Waals surface area contributed by atoms with Crippen molar-refractivity contribution in [3.8, 4) is 11.1 Å². The van der Waals surface area contributed by atoms with Gasteiger partial charge in [-0.15, -0.1) is 0 Å². The van der Waals surface area contributed by atoms with Crippen LogP contribution in [0.3, 0.4) is 0 Å². The predicted molar refractivity (Wildman–Crippen MR) is 176 cm³/mol. The SMILES string of the molecule is CCCCCCCCCCCCCCOC(=O)N=C(N)c1ccc(-c2ccc(C(=O)[C@@H]3C[C@@H](CC(=O)OC)C(=O)N3)cc2)cc1. The summed E-state index contributed by atoms with van der Waals surface area (Å²) >= 11 is 0. The molecule has 0 spiro atoms. The molecule has 1 aliphatic rings. The van der Waals surface area contributed by atoms with Crippen molar-refractivity contribution in [3.63, 3.8) is 0 Å². The molecule has 244 valence electrons. The normalized spacial score (nSPS) is 16.3. The second-order valence-electron chi connectivity index (χ2n) is 11.8. The summed E-state index contributed by atoms with van der Waals surface area (Å²) < 4.78 is 9.88. The highest BCUT2D eigenvalue weighted by molar-refractivity contribution is 6.05. The van der Waals surface area contributed by atoms with Gasteiger partial charge in [-0.3, -0.25) is 14.4 Å². The number of methoxy groups -OCH3 is 1. The maximum Gasteiger partial charge on any atom is 0.435 e. The minimum atomic E-state index is -0.685. The maximum atomic E-state index is 12.9. The Morgan fingerprint density at radius 2 is 1.31 bits per heavy atom. The van der Waals surface area contributed by atoms with Crippen molar-refractivity contribution >= 4 is 29.6 Å². The van der Waals surface area contributed by atoms with Crippen molar-refractivity contribution in [2.75, 3.05) is 13.7 Å². The van der Waals surface area contributed by atoms with Gasteiger partial charge >= 0.3 is 12.1 Å². The monoisotopic (exact) mass is 619 g/mol. The highest BCUT2D eigenvalue weighted by atomic mass is 16.5. The number of unbranched alkanes of at least 4 members (excludes halogenated alkanes) is 11. The van der Waals surface area contributed by atoms with Crippen LogP contribution in [0.4, 0.5) is 4.79 Å². The fourth-order valence-corrected chi connectivity index (χ4v) is 5.53. The zero-order valence-corrected chi connectivity index (χ0v) is 26.9. The van der Waals surface area contributed by atoms with Crippen LogP contribution in [0.1, 0.15) is 113 Å². The van der Waals surface area contributed by atoms with Crippen molar-refractivity contribution in [1.29, 1.82) is 0 Å². The largest absolute Gasteiger partial charge is 0.469 e. The van der Waals surface area contributed by atoms with Crippen molar-refractivity contribution in [3.05, 3.63) is 59.7 Å². The van der Waals surface area contributed by atoms with Crippen molar-refractivity contribution < 1.29 is 28.7 Å². The molecule has 0 aromatic heterocycles. The van der Waals surface area contributed by atoms with Crippen LogP contribution >= 0.6 is 0 Å². The van der Waals surface area contributed by atoms with E-state index < -0.39 is 24.0 Å². The lowest BCUT2D eigenvalue weighted by Gasteiger charge is -2.10. The number of amidine groups is 1. The summed E-state index contributed by atoms with van der Waals surface area (Å²) in [5.41, 5.74) is 8.90. The second-order valence-corrected chi connectivity index (χ2v) is 11.8.